The molecular formula is C28H33NO5S2. The van der Waals surface area contributed by atoms with E-state index in [9.17, 15) is 5.11 Å². The van der Waals surface area contributed by atoms with Gasteiger partial charge in [0.05, 0.1) is 13.2 Å². The minimum absolute atomic E-state index is 0.0321. The van der Waals surface area contributed by atoms with E-state index in [1.807, 2.05) is 47.9 Å². The zero-order chi connectivity index (χ0) is 25.9. The molecule has 0 atom stereocenters. The average molecular weight is 528 g/mol. The third kappa shape index (κ3) is 8.18. The van der Waals surface area contributed by atoms with Crippen molar-refractivity contribution in [1.82, 2.24) is 4.98 Å². The summed E-state index contributed by atoms with van der Waals surface area (Å²) in [5.74, 6) is 2.85. The normalized spacial score (nSPS) is 11.9. The Morgan fingerprint density at radius 1 is 1.19 bits per heavy atom. The summed E-state index contributed by atoms with van der Waals surface area (Å²) < 4.78 is 11.9. The lowest BCUT2D eigenvalue weighted by Crippen LogP contribution is -2.02. The number of carboxylic acids is 1. The maximum Gasteiger partial charge on any atom is 0.300 e. The third-order valence-electron chi connectivity index (χ3n) is 5.47. The third-order valence-corrected chi connectivity index (χ3v) is 7.27. The quantitative estimate of drug-likeness (QED) is 0.311. The summed E-state index contributed by atoms with van der Waals surface area (Å²) in [6.45, 7) is 4.26. The lowest BCUT2D eigenvalue weighted by atomic mass is 9.94. The van der Waals surface area contributed by atoms with Gasteiger partial charge in [0, 0.05) is 29.8 Å². The first-order valence-corrected chi connectivity index (χ1v) is 14.2. The Morgan fingerprint density at radius 2 is 2.00 bits per heavy atom. The van der Waals surface area contributed by atoms with E-state index < -0.39 is 5.97 Å². The van der Waals surface area contributed by atoms with Crippen molar-refractivity contribution in [1.29, 1.82) is 0 Å². The number of pyridine rings is 1. The molecule has 8 heteroatoms. The molecule has 2 heterocycles. The molecular weight excluding hydrogens is 494 g/mol. The van der Waals surface area contributed by atoms with Crippen LogP contribution in [0.1, 0.15) is 35.6 Å². The number of hydrogen-bond donors (Lipinski definition) is 2. The maximum absolute atomic E-state index is 10.0. The summed E-state index contributed by atoms with van der Waals surface area (Å²) in [5.41, 5.74) is 6.47. The summed E-state index contributed by atoms with van der Waals surface area (Å²) >= 11 is 3.68. The largest absolute Gasteiger partial charge is 0.494 e. The van der Waals surface area contributed by atoms with Gasteiger partial charge in [-0.05, 0) is 83.4 Å². The molecule has 2 aromatic carbocycles. The second kappa shape index (κ2) is 14.2. The molecule has 0 saturated heterocycles. The predicted molar refractivity (Wildman–Crippen MR) is 147 cm³/mol. The van der Waals surface area contributed by atoms with Crippen molar-refractivity contribution in [2.45, 2.75) is 44.8 Å². The molecule has 0 unspecified atom stereocenters. The van der Waals surface area contributed by atoms with Crippen LogP contribution in [-0.2, 0) is 24.4 Å². The molecule has 1 aromatic heterocycles. The molecule has 0 fully saturated rings. The average Bonchev–Trinajstić information content (AvgIpc) is 3.33. The highest BCUT2D eigenvalue weighted by atomic mass is 32.2. The molecule has 0 bridgehead atoms. The molecule has 1 aliphatic rings. The molecule has 1 aliphatic heterocycles. The van der Waals surface area contributed by atoms with E-state index in [0.29, 0.717) is 19.1 Å². The van der Waals surface area contributed by atoms with Gasteiger partial charge in [0.25, 0.3) is 5.97 Å². The number of carbonyl (C=O) groups is 1. The number of benzene rings is 2. The number of rotatable bonds is 10. The Labute approximate surface area is 221 Å². The van der Waals surface area contributed by atoms with Crippen molar-refractivity contribution >= 4 is 29.5 Å². The van der Waals surface area contributed by atoms with Gasteiger partial charge < -0.3 is 19.7 Å². The smallest absolute Gasteiger partial charge is 0.300 e. The van der Waals surface area contributed by atoms with Gasteiger partial charge in [-0.3, -0.25) is 4.79 Å². The highest BCUT2D eigenvalue weighted by Crippen LogP contribution is 2.34. The van der Waals surface area contributed by atoms with Crippen LogP contribution >= 0.6 is 23.5 Å². The van der Waals surface area contributed by atoms with Crippen molar-refractivity contribution < 1.29 is 24.5 Å². The number of nitrogens with zero attached hydrogens (tertiary/aromatic N) is 1. The Kier molecular flexibility index (Phi) is 11.0. The molecule has 0 saturated carbocycles. The lowest BCUT2D eigenvalue weighted by molar-refractivity contribution is -0.134. The lowest BCUT2D eigenvalue weighted by Gasteiger charge is -2.16. The Morgan fingerprint density at radius 3 is 2.75 bits per heavy atom. The Balaban J connectivity index is 0.000000840. The number of hydrogen-bond acceptors (Lipinski definition) is 7. The van der Waals surface area contributed by atoms with Crippen LogP contribution < -0.4 is 9.47 Å². The number of aliphatic hydroxyl groups is 1. The Hall–Kier alpha value is -2.68. The summed E-state index contributed by atoms with van der Waals surface area (Å²) in [5, 5.41) is 17.5. The number of ether oxygens (including phenoxy) is 2. The fourth-order valence-corrected chi connectivity index (χ4v) is 5.40. The van der Waals surface area contributed by atoms with Crippen LogP contribution in [0, 0.1) is 6.92 Å². The monoisotopic (exact) mass is 527 g/mol. The van der Waals surface area contributed by atoms with E-state index in [4.69, 9.17) is 19.4 Å². The van der Waals surface area contributed by atoms with Gasteiger partial charge in [-0.1, -0.05) is 18.2 Å². The summed E-state index contributed by atoms with van der Waals surface area (Å²) in [6.07, 6.45) is 6.13. The van der Waals surface area contributed by atoms with E-state index in [-0.39, 0.29) is 6.61 Å². The molecule has 0 amide bonds. The highest BCUT2D eigenvalue weighted by molar-refractivity contribution is 7.99. The maximum atomic E-state index is 10.0. The van der Waals surface area contributed by atoms with Crippen LogP contribution in [0.15, 0.2) is 53.6 Å². The van der Waals surface area contributed by atoms with Crippen molar-refractivity contribution in [3.05, 3.63) is 70.9 Å². The van der Waals surface area contributed by atoms with Crippen LogP contribution in [0.5, 0.6) is 11.6 Å². The number of fused-ring (bicyclic) bond motifs is 1. The molecule has 36 heavy (non-hydrogen) atoms. The molecule has 3 aromatic rings. The van der Waals surface area contributed by atoms with Gasteiger partial charge in [-0.2, -0.15) is 11.8 Å². The standard InChI is InChI=1S/C26H29NO3S2.C2H4O2/c1-18-11-23(29-8-4-9-31-2)13-22(16-28)26(18)20-6-3-5-19(12-20)17-30-25-14-24-21(15-27-25)7-10-32-24;1-2(3)4/h3,5-6,11-15,28H,4,7-10,16-17H2,1-2H3;1H3,(H,3,4). The SMILES string of the molecule is CC(=O)O.CSCCCOc1cc(C)c(-c2cccc(COc3cc4c(cn3)CCS4)c2)c(CO)c1. The first-order valence-electron chi connectivity index (χ1n) is 11.8. The van der Waals surface area contributed by atoms with Crippen LogP contribution in [0.2, 0.25) is 0 Å². The first kappa shape index (κ1) is 27.9. The number of aliphatic hydroxyl groups excluding tert-OH is 1. The van der Waals surface area contributed by atoms with Crippen LogP contribution in [0.25, 0.3) is 11.1 Å². The highest BCUT2D eigenvalue weighted by Gasteiger charge is 2.14. The van der Waals surface area contributed by atoms with Crippen molar-refractivity contribution in [2.75, 3.05) is 24.4 Å². The second-order valence-electron chi connectivity index (χ2n) is 8.36. The van der Waals surface area contributed by atoms with E-state index >= 15 is 0 Å². The molecule has 6 nitrogen and oxygen atoms in total. The Bertz CT molecular complexity index is 1160. The molecule has 0 spiro atoms. The first-order chi connectivity index (χ1) is 17.4. The fraction of sp³-hybridized carbons (Fsp3) is 0.357. The van der Waals surface area contributed by atoms with E-state index in [2.05, 4.69) is 42.4 Å². The minimum Gasteiger partial charge on any atom is -0.494 e. The molecule has 2 N–H and O–H groups in total. The predicted octanol–water partition coefficient (Wildman–Crippen LogP) is 6.00. The van der Waals surface area contributed by atoms with Crippen molar-refractivity contribution in [3.8, 4) is 22.8 Å². The van der Waals surface area contributed by atoms with Gasteiger partial charge in [0.1, 0.15) is 12.4 Å². The number of aliphatic carboxylic acids is 1. The zero-order valence-electron chi connectivity index (χ0n) is 21.0. The minimum atomic E-state index is -0.833. The van der Waals surface area contributed by atoms with Gasteiger partial charge in [0.2, 0.25) is 5.88 Å². The second-order valence-corrected chi connectivity index (χ2v) is 10.5. The van der Waals surface area contributed by atoms with Gasteiger partial charge in [0.15, 0.2) is 0 Å². The molecule has 0 aliphatic carbocycles. The van der Waals surface area contributed by atoms with Crippen molar-refractivity contribution in [3.63, 3.8) is 0 Å². The van der Waals surface area contributed by atoms with E-state index in [0.717, 1.165) is 64.8 Å². The van der Waals surface area contributed by atoms with Crippen LogP contribution in [0.3, 0.4) is 0 Å². The zero-order valence-corrected chi connectivity index (χ0v) is 22.6. The fourth-order valence-electron chi connectivity index (χ4n) is 3.93. The van der Waals surface area contributed by atoms with Gasteiger partial charge in [-0.15, -0.1) is 11.8 Å². The molecule has 4 rings (SSSR count). The van der Waals surface area contributed by atoms with Gasteiger partial charge >= 0.3 is 0 Å². The molecule has 0 radical (unpaired) electrons. The number of carboxylic acid groups (broad SMARTS) is 1. The van der Waals surface area contributed by atoms with E-state index in [1.54, 1.807) is 0 Å². The number of aryl methyl sites for hydroxylation is 2. The van der Waals surface area contributed by atoms with Crippen LogP contribution in [0.4, 0.5) is 0 Å². The molecule has 192 valence electrons. The van der Waals surface area contributed by atoms with Crippen LogP contribution in [-0.4, -0.2) is 45.5 Å². The van der Waals surface area contributed by atoms with Gasteiger partial charge in [-0.25, -0.2) is 4.98 Å². The summed E-state index contributed by atoms with van der Waals surface area (Å²) in [7, 11) is 0. The summed E-state index contributed by atoms with van der Waals surface area (Å²) in [4.78, 5) is 14.7. The number of thioether (sulfide) groups is 2. The number of aromatic nitrogens is 1. The topological polar surface area (TPSA) is 88.9 Å². The van der Waals surface area contributed by atoms with E-state index in [1.165, 1.54) is 10.5 Å². The summed E-state index contributed by atoms with van der Waals surface area (Å²) in [6, 6.07) is 14.4. The van der Waals surface area contributed by atoms with Crippen molar-refractivity contribution in [2.24, 2.45) is 0 Å².